The standard InChI is InChI=1S/C29H41N3O3/c1-3-4-17-31-20-21-35-26-11-6-5-9-24(26)10-7-8-13-29(23-31)14-18-32(19-15-29)28(33)25-12-16-30-27(22-25)34-2/h5-6,9,11-12,16,22H,3-4,7-8,10,13-15,17-21,23H2,1-2H3. The number of hydrogen-bond donors (Lipinski definition) is 0. The molecule has 0 N–H and O–H groups in total. The van der Waals surface area contributed by atoms with Crippen LogP contribution in [0.3, 0.4) is 0 Å². The summed E-state index contributed by atoms with van der Waals surface area (Å²) in [6.07, 6.45) is 10.9. The molecule has 1 fully saturated rings. The van der Waals surface area contributed by atoms with E-state index in [0.717, 1.165) is 64.3 Å². The largest absolute Gasteiger partial charge is 0.492 e. The van der Waals surface area contributed by atoms with Crippen molar-refractivity contribution in [2.24, 2.45) is 5.41 Å². The molecule has 6 heteroatoms. The van der Waals surface area contributed by atoms with Crippen molar-refractivity contribution in [2.45, 2.75) is 58.3 Å². The second-order valence-electron chi connectivity index (χ2n) is 10.2. The first-order chi connectivity index (χ1) is 17.1. The van der Waals surface area contributed by atoms with E-state index in [9.17, 15) is 4.79 Å². The summed E-state index contributed by atoms with van der Waals surface area (Å²) in [6, 6.07) is 12.1. The number of nitrogens with zero attached hydrogens (tertiary/aromatic N) is 3. The number of likely N-dealkylation sites (tertiary alicyclic amines) is 1. The van der Waals surface area contributed by atoms with Crippen LogP contribution < -0.4 is 9.47 Å². The van der Waals surface area contributed by atoms with Crippen molar-refractivity contribution < 1.29 is 14.3 Å². The lowest BCUT2D eigenvalue weighted by atomic mass is 9.73. The molecule has 0 unspecified atom stereocenters. The number of pyridine rings is 1. The van der Waals surface area contributed by atoms with Gasteiger partial charge in [0.1, 0.15) is 12.4 Å². The number of para-hydroxylation sites is 1. The van der Waals surface area contributed by atoms with Crippen LogP contribution in [-0.4, -0.2) is 67.1 Å². The van der Waals surface area contributed by atoms with E-state index in [1.165, 1.54) is 37.7 Å². The van der Waals surface area contributed by atoms with Gasteiger partial charge in [-0.1, -0.05) is 38.0 Å². The van der Waals surface area contributed by atoms with E-state index in [1.54, 1.807) is 25.4 Å². The molecule has 3 heterocycles. The molecular formula is C29H41N3O3. The predicted octanol–water partition coefficient (Wildman–Crippen LogP) is 5.22. The fourth-order valence-electron chi connectivity index (χ4n) is 5.59. The van der Waals surface area contributed by atoms with Gasteiger partial charge in [-0.2, -0.15) is 0 Å². The maximum absolute atomic E-state index is 13.2. The summed E-state index contributed by atoms with van der Waals surface area (Å²) < 4.78 is 11.5. The van der Waals surface area contributed by atoms with Crippen LogP contribution >= 0.6 is 0 Å². The molecule has 1 aromatic heterocycles. The van der Waals surface area contributed by atoms with Gasteiger partial charge in [0, 0.05) is 44.0 Å². The van der Waals surface area contributed by atoms with Crippen molar-refractivity contribution in [1.82, 2.24) is 14.8 Å². The number of rotatable bonds is 5. The lowest BCUT2D eigenvalue weighted by Crippen LogP contribution is -2.48. The Balaban J connectivity index is 1.45. The van der Waals surface area contributed by atoms with Crippen molar-refractivity contribution in [3.05, 3.63) is 53.7 Å². The van der Waals surface area contributed by atoms with Crippen LogP contribution in [0.2, 0.25) is 0 Å². The predicted molar refractivity (Wildman–Crippen MR) is 139 cm³/mol. The summed E-state index contributed by atoms with van der Waals surface area (Å²) in [5, 5.41) is 0. The Hall–Kier alpha value is -2.60. The molecule has 2 aliphatic rings. The van der Waals surface area contributed by atoms with Crippen LogP contribution in [0.15, 0.2) is 42.6 Å². The van der Waals surface area contributed by atoms with Crippen LogP contribution in [-0.2, 0) is 6.42 Å². The van der Waals surface area contributed by atoms with Gasteiger partial charge in [-0.25, -0.2) is 4.98 Å². The van der Waals surface area contributed by atoms with Gasteiger partial charge in [0.25, 0.3) is 5.91 Å². The molecule has 0 atom stereocenters. The average Bonchev–Trinajstić information content (AvgIpc) is 2.90. The van der Waals surface area contributed by atoms with Gasteiger partial charge in [0.15, 0.2) is 0 Å². The highest BCUT2D eigenvalue weighted by molar-refractivity contribution is 5.94. The zero-order valence-corrected chi connectivity index (χ0v) is 21.5. The molecule has 0 aliphatic carbocycles. The van der Waals surface area contributed by atoms with Crippen LogP contribution in [0, 0.1) is 5.41 Å². The molecule has 0 radical (unpaired) electrons. The van der Waals surface area contributed by atoms with E-state index in [4.69, 9.17) is 9.47 Å². The average molecular weight is 480 g/mol. The van der Waals surface area contributed by atoms with E-state index in [1.807, 2.05) is 4.90 Å². The van der Waals surface area contributed by atoms with Gasteiger partial charge >= 0.3 is 0 Å². The van der Waals surface area contributed by atoms with Crippen molar-refractivity contribution in [2.75, 3.05) is 46.4 Å². The summed E-state index contributed by atoms with van der Waals surface area (Å²) in [5.74, 6) is 1.62. The first kappa shape index (κ1) is 25.5. The highest BCUT2D eigenvalue weighted by Crippen LogP contribution is 2.39. The zero-order valence-electron chi connectivity index (χ0n) is 21.5. The Bertz CT molecular complexity index is 956. The van der Waals surface area contributed by atoms with Gasteiger partial charge in [0.05, 0.1) is 7.11 Å². The minimum Gasteiger partial charge on any atom is -0.492 e. The Labute approximate surface area is 210 Å². The normalized spacial score (nSPS) is 19.2. The minimum atomic E-state index is 0.0848. The number of methoxy groups -OCH3 is 1. The molecular weight excluding hydrogens is 438 g/mol. The van der Waals surface area contributed by atoms with Crippen LogP contribution in [0.5, 0.6) is 11.6 Å². The van der Waals surface area contributed by atoms with E-state index < -0.39 is 0 Å². The number of unbranched alkanes of at least 4 members (excludes halogenated alkanes) is 1. The highest BCUT2D eigenvalue weighted by Gasteiger charge is 2.37. The van der Waals surface area contributed by atoms with Crippen molar-refractivity contribution in [1.29, 1.82) is 0 Å². The molecule has 1 saturated heterocycles. The number of piperidine rings is 1. The molecule has 0 bridgehead atoms. The van der Waals surface area contributed by atoms with Crippen molar-refractivity contribution >= 4 is 5.91 Å². The Morgan fingerprint density at radius 3 is 2.74 bits per heavy atom. The van der Waals surface area contributed by atoms with Gasteiger partial charge in [-0.05, 0) is 68.2 Å². The topological polar surface area (TPSA) is 54.9 Å². The number of aromatic nitrogens is 1. The molecule has 2 aliphatic heterocycles. The summed E-state index contributed by atoms with van der Waals surface area (Å²) in [4.78, 5) is 22.0. The van der Waals surface area contributed by atoms with Crippen LogP contribution in [0.1, 0.15) is 67.8 Å². The number of amides is 1. The molecule has 1 aromatic carbocycles. The Morgan fingerprint density at radius 1 is 1.11 bits per heavy atom. The van der Waals surface area contributed by atoms with Crippen LogP contribution in [0.25, 0.3) is 0 Å². The highest BCUT2D eigenvalue weighted by atomic mass is 16.5. The number of fused-ring (bicyclic) bond motifs is 1. The summed E-state index contributed by atoms with van der Waals surface area (Å²) >= 11 is 0. The lowest BCUT2D eigenvalue weighted by molar-refractivity contribution is 0.0374. The number of aryl methyl sites for hydroxylation is 1. The number of carbonyl (C=O) groups is 1. The van der Waals surface area contributed by atoms with E-state index in [2.05, 4.69) is 41.1 Å². The summed E-state index contributed by atoms with van der Waals surface area (Å²) in [7, 11) is 1.58. The lowest BCUT2D eigenvalue weighted by Gasteiger charge is -2.45. The van der Waals surface area contributed by atoms with Gasteiger partial charge < -0.3 is 14.4 Å². The number of hydrogen-bond acceptors (Lipinski definition) is 5. The molecule has 35 heavy (non-hydrogen) atoms. The molecule has 190 valence electrons. The maximum Gasteiger partial charge on any atom is 0.254 e. The van der Waals surface area contributed by atoms with Crippen molar-refractivity contribution in [3.63, 3.8) is 0 Å². The van der Waals surface area contributed by atoms with Crippen LogP contribution in [0.4, 0.5) is 0 Å². The fraction of sp³-hybridized carbons (Fsp3) is 0.586. The van der Waals surface area contributed by atoms with E-state index in [-0.39, 0.29) is 11.3 Å². The monoisotopic (exact) mass is 479 g/mol. The molecule has 1 amide bonds. The molecule has 6 nitrogen and oxygen atoms in total. The minimum absolute atomic E-state index is 0.0848. The van der Waals surface area contributed by atoms with E-state index in [0.29, 0.717) is 11.4 Å². The molecule has 4 rings (SSSR count). The third kappa shape index (κ3) is 6.75. The van der Waals surface area contributed by atoms with E-state index >= 15 is 0 Å². The van der Waals surface area contributed by atoms with Gasteiger partial charge in [0.2, 0.25) is 5.88 Å². The molecule has 2 aromatic rings. The third-order valence-corrected chi connectivity index (χ3v) is 7.73. The SMILES string of the molecule is CCCCN1CCOc2ccccc2CCCCC2(CCN(C(=O)c3ccnc(OC)c3)CC2)C1. The quantitative estimate of drug-likeness (QED) is 0.589. The fourth-order valence-corrected chi connectivity index (χ4v) is 5.59. The van der Waals surface area contributed by atoms with Gasteiger partial charge in [-0.3, -0.25) is 9.69 Å². The Kier molecular flexibility index (Phi) is 9.02. The smallest absolute Gasteiger partial charge is 0.254 e. The Morgan fingerprint density at radius 2 is 1.94 bits per heavy atom. The first-order valence-electron chi connectivity index (χ1n) is 13.3. The summed E-state index contributed by atoms with van der Waals surface area (Å²) in [5.41, 5.74) is 2.25. The first-order valence-corrected chi connectivity index (χ1v) is 13.3. The molecule has 0 saturated carbocycles. The molecule has 1 spiro atoms. The zero-order chi connectivity index (χ0) is 24.5. The third-order valence-electron chi connectivity index (χ3n) is 7.73. The number of benzene rings is 1. The maximum atomic E-state index is 13.2. The second kappa shape index (κ2) is 12.4. The second-order valence-corrected chi connectivity index (χ2v) is 10.2. The number of ether oxygens (including phenoxy) is 2. The van der Waals surface area contributed by atoms with Crippen molar-refractivity contribution in [3.8, 4) is 11.6 Å². The summed E-state index contributed by atoms with van der Waals surface area (Å²) in [6.45, 7) is 7.78. The van der Waals surface area contributed by atoms with Gasteiger partial charge in [-0.15, -0.1) is 0 Å². The number of carbonyl (C=O) groups excluding carboxylic acids is 1.